The first-order valence-electron chi connectivity index (χ1n) is 6.17. The molecule has 1 aliphatic rings. The third-order valence-electron chi connectivity index (χ3n) is 3.36. The highest BCUT2D eigenvalue weighted by atomic mass is 16.4. The summed E-state index contributed by atoms with van der Waals surface area (Å²) in [4.78, 5) is 23.8. The maximum atomic E-state index is 11.5. The van der Waals surface area contributed by atoms with Gasteiger partial charge in [-0.25, -0.2) is 0 Å². The van der Waals surface area contributed by atoms with Crippen LogP contribution in [0, 0.1) is 5.92 Å². The normalized spacial score (nSPS) is 24.6. The van der Waals surface area contributed by atoms with Gasteiger partial charge in [-0.2, -0.15) is 0 Å². The first kappa shape index (κ1) is 14.0. The van der Waals surface area contributed by atoms with Crippen molar-refractivity contribution in [3.05, 3.63) is 0 Å². The molecule has 0 aliphatic heterocycles. The van der Waals surface area contributed by atoms with Crippen LogP contribution in [-0.2, 0) is 9.59 Å². The first-order chi connectivity index (χ1) is 7.99. The summed E-state index contributed by atoms with van der Waals surface area (Å²) in [6.07, 6.45) is 4.75. The Labute approximate surface area is 102 Å². The van der Waals surface area contributed by atoms with Crippen LogP contribution in [0.5, 0.6) is 0 Å². The molecule has 1 saturated carbocycles. The quantitative estimate of drug-likeness (QED) is 0.744. The molecule has 1 aliphatic carbocycles. The number of carbonyl (C=O) groups is 2. The van der Waals surface area contributed by atoms with Crippen molar-refractivity contribution in [3.8, 4) is 0 Å². The van der Waals surface area contributed by atoms with Gasteiger partial charge in [0.15, 0.2) is 0 Å². The fourth-order valence-electron chi connectivity index (χ4n) is 2.39. The molecular weight excluding hydrogens is 220 g/mol. The van der Waals surface area contributed by atoms with Crippen LogP contribution < -0.4 is 5.32 Å². The number of aliphatic carboxylic acids is 1. The molecule has 0 bridgehead atoms. The Balaban J connectivity index is 2.29. The van der Waals surface area contributed by atoms with Gasteiger partial charge in [0.05, 0.1) is 6.54 Å². The number of likely N-dealkylation sites (N-methyl/N-ethyl adjacent to an activating group) is 1. The van der Waals surface area contributed by atoms with Gasteiger partial charge in [0.25, 0.3) is 0 Å². The Kier molecular flexibility index (Phi) is 5.41. The zero-order valence-corrected chi connectivity index (χ0v) is 10.6. The minimum absolute atomic E-state index is 0.215. The van der Waals surface area contributed by atoms with E-state index in [1.165, 1.54) is 12.8 Å². The molecular formula is C12H22N2O3. The van der Waals surface area contributed by atoms with Gasteiger partial charge in [-0.15, -0.1) is 0 Å². The topological polar surface area (TPSA) is 69.6 Å². The number of carboxylic acid groups (broad SMARTS) is 1. The summed E-state index contributed by atoms with van der Waals surface area (Å²) < 4.78 is 0. The molecule has 0 spiro atoms. The van der Waals surface area contributed by atoms with Gasteiger partial charge in [0.1, 0.15) is 6.54 Å². The summed E-state index contributed by atoms with van der Waals surface area (Å²) in [6.45, 7) is 2.23. The van der Waals surface area contributed by atoms with Crippen molar-refractivity contribution in [3.63, 3.8) is 0 Å². The molecule has 98 valence electrons. The van der Waals surface area contributed by atoms with E-state index in [9.17, 15) is 9.59 Å². The van der Waals surface area contributed by atoms with E-state index in [1.807, 2.05) is 11.9 Å². The zero-order chi connectivity index (χ0) is 12.8. The number of carbonyl (C=O) groups excluding carboxylic acids is 1. The van der Waals surface area contributed by atoms with Gasteiger partial charge in [-0.1, -0.05) is 19.8 Å². The van der Waals surface area contributed by atoms with E-state index >= 15 is 0 Å². The van der Waals surface area contributed by atoms with Crippen LogP contribution in [0.25, 0.3) is 0 Å². The second-order valence-corrected chi connectivity index (χ2v) is 5.01. The van der Waals surface area contributed by atoms with Crippen molar-refractivity contribution in [2.24, 2.45) is 5.92 Å². The highest BCUT2D eigenvalue weighted by Gasteiger charge is 2.23. The maximum Gasteiger partial charge on any atom is 0.322 e. The molecule has 0 aromatic heterocycles. The van der Waals surface area contributed by atoms with Gasteiger partial charge < -0.3 is 10.4 Å². The van der Waals surface area contributed by atoms with E-state index in [0.29, 0.717) is 6.04 Å². The monoisotopic (exact) mass is 242 g/mol. The van der Waals surface area contributed by atoms with Crippen LogP contribution in [0.3, 0.4) is 0 Å². The summed E-state index contributed by atoms with van der Waals surface area (Å²) >= 11 is 0. The molecule has 1 rings (SSSR count). The largest absolute Gasteiger partial charge is 0.480 e. The van der Waals surface area contributed by atoms with E-state index in [1.54, 1.807) is 0 Å². The summed E-state index contributed by atoms with van der Waals surface area (Å²) in [7, 11) is 1.93. The van der Waals surface area contributed by atoms with Crippen molar-refractivity contribution in [2.45, 2.75) is 38.6 Å². The van der Waals surface area contributed by atoms with Gasteiger partial charge in [-0.3, -0.25) is 14.5 Å². The Morgan fingerprint density at radius 2 is 2.12 bits per heavy atom. The molecule has 0 saturated heterocycles. The van der Waals surface area contributed by atoms with E-state index in [0.717, 1.165) is 18.8 Å². The third kappa shape index (κ3) is 5.17. The Morgan fingerprint density at radius 1 is 1.41 bits per heavy atom. The lowest BCUT2D eigenvalue weighted by Gasteiger charge is -2.33. The Morgan fingerprint density at radius 3 is 2.71 bits per heavy atom. The van der Waals surface area contributed by atoms with E-state index in [2.05, 4.69) is 12.2 Å². The SMILES string of the molecule is CC1CCCC(N(C)CC(=O)NCC(=O)O)C1. The number of carboxylic acids is 1. The third-order valence-corrected chi connectivity index (χ3v) is 3.36. The minimum Gasteiger partial charge on any atom is -0.480 e. The number of amides is 1. The number of hydrogen-bond acceptors (Lipinski definition) is 3. The van der Waals surface area contributed by atoms with Gasteiger partial charge >= 0.3 is 5.97 Å². The molecule has 5 heteroatoms. The van der Waals surface area contributed by atoms with E-state index in [4.69, 9.17) is 5.11 Å². The predicted octanol–water partition coefficient (Wildman–Crippen LogP) is 0.698. The lowest BCUT2D eigenvalue weighted by atomic mass is 9.86. The number of rotatable bonds is 5. The lowest BCUT2D eigenvalue weighted by Crippen LogP contribution is -2.43. The second-order valence-electron chi connectivity index (χ2n) is 5.01. The highest BCUT2D eigenvalue weighted by molar-refractivity contribution is 5.82. The number of hydrogen-bond donors (Lipinski definition) is 2. The Hall–Kier alpha value is -1.10. The van der Waals surface area contributed by atoms with Crippen LogP contribution in [0.2, 0.25) is 0 Å². The number of nitrogens with one attached hydrogen (secondary N) is 1. The van der Waals surface area contributed by atoms with Crippen molar-refractivity contribution in [1.29, 1.82) is 0 Å². The molecule has 1 amide bonds. The van der Waals surface area contributed by atoms with Crippen molar-refractivity contribution in [2.75, 3.05) is 20.1 Å². The predicted molar refractivity (Wildman–Crippen MR) is 64.7 cm³/mol. The first-order valence-corrected chi connectivity index (χ1v) is 6.17. The van der Waals surface area contributed by atoms with Crippen molar-refractivity contribution >= 4 is 11.9 Å². The molecule has 0 radical (unpaired) electrons. The molecule has 0 aromatic rings. The summed E-state index contributed by atoms with van der Waals surface area (Å²) in [5, 5.41) is 10.8. The van der Waals surface area contributed by atoms with E-state index < -0.39 is 5.97 Å². The van der Waals surface area contributed by atoms with Gasteiger partial charge in [0.2, 0.25) is 5.91 Å². The highest BCUT2D eigenvalue weighted by Crippen LogP contribution is 2.26. The minimum atomic E-state index is -1.01. The van der Waals surface area contributed by atoms with Crippen LogP contribution in [0.4, 0.5) is 0 Å². The zero-order valence-electron chi connectivity index (χ0n) is 10.6. The summed E-state index contributed by atoms with van der Waals surface area (Å²) in [5.74, 6) is -0.501. The Bertz CT molecular complexity index is 281. The molecule has 2 N–H and O–H groups in total. The maximum absolute atomic E-state index is 11.5. The number of nitrogens with zero attached hydrogens (tertiary/aromatic N) is 1. The fraction of sp³-hybridized carbons (Fsp3) is 0.833. The average molecular weight is 242 g/mol. The summed E-state index contributed by atoms with van der Waals surface area (Å²) in [6, 6.07) is 0.453. The van der Waals surface area contributed by atoms with Crippen molar-refractivity contribution < 1.29 is 14.7 Å². The molecule has 0 heterocycles. The smallest absolute Gasteiger partial charge is 0.322 e. The fourth-order valence-corrected chi connectivity index (χ4v) is 2.39. The van der Waals surface area contributed by atoms with Gasteiger partial charge in [-0.05, 0) is 25.8 Å². The molecule has 0 aromatic carbocycles. The standard InChI is InChI=1S/C12H22N2O3/c1-9-4-3-5-10(6-9)14(2)8-11(15)13-7-12(16)17/h9-10H,3-8H2,1-2H3,(H,13,15)(H,16,17). The molecule has 17 heavy (non-hydrogen) atoms. The van der Waals surface area contributed by atoms with Gasteiger partial charge in [0, 0.05) is 6.04 Å². The molecule has 1 fully saturated rings. The molecule has 2 unspecified atom stereocenters. The van der Waals surface area contributed by atoms with E-state index in [-0.39, 0.29) is 19.0 Å². The molecule has 5 nitrogen and oxygen atoms in total. The average Bonchev–Trinajstić information content (AvgIpc) is 2.26. The van der Waals surface area contributed by atoms with Crippen LogP contribution in [0.1, 0.15) is 32.6 Å². The van der Waals surface area contributed by atoms with Crippen LogP contribution >= 0.6 is 0 Å². The lowest BCUT2D eigenvalue weighted by molar-refractivity contribution is -0.138. The molecule has 2 atom stereocenters. The van der Waals surface area contributed by atoms with Crippen LogP contribution in [-0.4, -0.2) is 48.1 Å². The second kappa shape index (κ2) is 6.59. The van der Waals surface area contributed by atoms with Crippen LogP contribution in [0.15, 0.2) is 0 Å². The summed E-state index contributed by atoms with van der Waals surface area (Å²) in [5.41, 5.74) is 0. The van der Waals surface area contributed by atoms with Crippen molar-refractivity contribution in [1.82, 2.24) is 10.2 Å².